The van der Waals surface area contributed by atoms with Crippen molar-refractivity contribution in [3.05, 3.63) is 30.1 Å². The molecule has 13 heavy (non-hydrogen) atoms. The molecule has 1 aromatic rings. The van der Waals surface area contributed by atoms with Crippen LogP contribution in [-0.2, 0) is 10.2 Å². The molecule has 1 atom stereocenters. The van der Waals surface area contributed by atoms with E-state index in [9.17, 15) is 8.42 Å². The van der Waals surface area contributed by atoms with Gasteiger partial charge in [-0.25, -0.2) is 5.14 Å². The maximum Gasteiger partial charge on any atom is 0.274 e. The third-order valence-corrected chi connectivity index (χ3v) is 2.23. The predicted molar refractivity (Wildman–Crippen MR) is 48.9 cm³/mol. The zero-order chi connectivity index (χ0) is 9.90. The highest BCUT2D eigenvalue weighted by atomic mass is 32.2. The second kappa shape index (κ2) is 3.82. The molecular formula is C7H11N3O2S. The Morgan fingerprint density at radius 1 is 1.46 bits per heavy atom. The molecule has 5 nitrogen and oxygen atoms in total. The van der Waals surface area contributed by atoms with Crippen molar-refractivity contribution in [3.63, 3.8) is 0 Å². The maximum absolute atomic E-state index is 10.7. The fraction of sp³-hybridized carbons (Fsp3) is 0.286. The summed E-state index contributed by atoms with van der Waals surface area (Å²) in [5, 5.41) is 4.82. The summed E-state index contributed by atoms with van der Waals surface area (Å²) in [4.78, 5) is 3.82. The van der Waals surface area contributed by atoms with Gasteiger partial charge in [-0.3, -0.25) is 4.98 Å². The highest BCUT2D eigenvalue weighted by molar-refractivity contribution is 7.87. The van der Waals surface area contributed by atoms with Crippen molar-refractivity contribution in [1.82, 2.24) is 9.71 Å². The van der Waals surface area contributed by atoms with Gasteiger partial charge in [-0.1, -0.05) is 0 Å². The van der Waals surface area contributed by atoms with E-state index in [1.54, 1.807) is 31.5 Å². The van der Waals surface area contributed by atoms with E-state index in [4.69, 9.17) is 5.14 Å². The van der Waals surface area contributed by atoms with Crippen molar-refractivity contribution in [2.45, 2.75) is 13.0 Å². The smallest absolute Gasteiger partial charge is 0.265 e. The van der Waals surface area contributed by atoms with Crippen LogP contribution < -0.4 is 9.86 Å². The molecule has 0 aliphatic rings. The van der Waals surface area contributed by atoms with Gasteiger partial charge in [-0.15, -0.1) is 0 Å². The highest BCUT2D eigenvalue weighted by Crippen LogP contribution is 2.09. The number of nitrogens with zero attached hydrogens (tertiary/aromatic N) is 1. The Labute approximate surface area is 77.2 Å². The van der Waals surface area contributed by atoms with E-state index >= 15 is 0 Å². The molecular weight excluding hydrogens is 190 g/mol. The first-order chi connectivity index (χ1) is 5.99. The van der Waals surface area contributed by atoms with Crippen LogP contribution in [0.1, 0.15) is 18.5 Å². The average molecular weight is 201 g/mol. The van der Waals surface area contributed by atoms with Gasteiger partial charge < -0.3 is 0 Å². The third kappa shape index (κ3) is 3.49. The van der Waals surface area contributed by atoms with Gasteiger partial charge >= 0.3 is 0 Å². The normalized spacial score (nSPS) is 14.0. The van der Waals surface area contributed by atoms with Crippen molar-refractivity contribution in [2.24, 2.45) is 5.14 Å². The Morgan fingerprint density at radius 2 is 2.00 bits per heavy atom. The van der Waals surface area contributed by atoms with Crippen LogP contribution in [0.25, 0.3) is 0 Å². The fourth-order valence-corrected chi connectivity index (χ4v) is 1.60. The van der Waals surface area contributed by atoms with E-state index in [2.05, 4.69) is 9.71 Å². The second-order valence-electron chi connectivity index (χ2n) is 2.67. The Balaban J connectivity index is 2.76. The second-order valence-corrected chi connectivity index (χ2v) is 3.99. The molecule has 0 aliphatic heterocycles. The number of nitrogens with one attached hydrogen (secondary N) is 1. The quantitative estimate of drug-likeness (QED) is 0.718. The van der Waals surface area contributed by atoms with E-state index < -0.39 is 10.2 Å². The van der Waals surface area contributed by atoms with Crippen molar-refractivity contribution >= 4 is 10.2 Å². The fourth-order valence-electron chi connectivity index (χ4n) is 0.967. The molecule has 0 aromatic carbocycles. The molecule has 72 valence electrons. The van der Waals surface area contributed by atoms with Crippen LogP contribution in [0.4, 0.5) is 0 Å². The van der Waals surface area contributed by atoms with Crippen LogP contribution in [0.3, 0.4) is 0 Å². The molecule has 0 radical (unpaired) electrons. The molecule has 0 bridgehead atoms. The predicted octanol–water partition coefficient (Wildman–Crippen LogP) is -0.0643. The number of hydrogen-bond donors (Lipinski definition) is 2. The molecule has 1 rings (SSSR count). The van der Waals surface area contributed by atoms with Crippen molar-refractivity contribution in [1.29, 1.82) is 0 Å². The van der Waals surface area contributed by atoms with E-state index in [-0.39, 0.29) is 6.04 Å². The maximum atomic E-state index is 10.7. The highest BCUT2D eigenvalue weighted by Gasteiger charge is 2.09. The molecule has 0 amide bonds. The monoisotopic (exact) mass is 201 g/mol. The van der Waals surface area contributed by atoms with Gasteiger partial charge in [-0.2, -0.15) is 13.1 Å². The van der Waals surface area contributed by atoms with Gasteiger partial charge in [0.1, 0.15) is 0 Å². The molecule has 0 fully saturated rings. The van der Waals surface area contributed by atoms with Crippen LogP contribution in [0.5, 0.6) is 0 Å². The molecule has 0 saturated heterocycles. The number of nitrogens with two attached hydrogens (primary N) is 1. The van der Waals surface area contributed by atoms with E-state index in [1.807, 2.05) is 0 Å². The van der Waals surface area contributed by atoms with Gasteiger partial charge in [0.25, 0.3) is 10.2 Å². The molecule has 3 N–H and O–H groups in total. The van der Waals surface area contributed by atoms with Crippen molar-refractivity contribution in [3.8, 4) is 0 Å². The minimum Gasteiger partial charge on any atom is -0.265 e. The lowest BCUT2D eigenvalue weighted by atomic mass is 10.1. The largest absolute Gasteiger partial charge is 0.274 e. The number of hydrogen-bond acceptors (Lipinski definition) is 3. The average Bonchev–Trinajstić information content (AvgIpc) is 2.03. The van der Waals surface area contributed by atoms with Gasteiger partial charge in [0.2, 0.25) is 0 Å². The number of aromatic nitrogens is 1. The zero-order valence-corrected chi connectivity index (χ0v) is 7.95. The standard InChI is InChI=1S/C7H11N3O2S/c1-6(10-13(8,11)12)7-2-4-9-5-3-7/h2-6,10H,1H3,(H2,8,11,12)/t6-/m0/s1. The summed E-state index contributed by atoms with van der Waals surface area (Å²) in [7, 11) is -3.64. The minimum absolute atomic E-state index is 0.335. The third-order valence-electron chi connectivity index (χ3n) is 1.55. The van der Waals surface area contributed by atoms with Crippen LogP contribution in [-0.4, -0.2) is 13.4 Å². The molecule has 0 spiro atoms. The van der Waals surface area contributed by atoms with Gasteiger partial charge in [-0.05, 0) is 24.6 Å². The van der Waals surface area contributed by atoms with Crippen LogP contribution in [0.2, 0.25) is 0 Å². The van der Waals surface area contributed by atoms with Gasteiger partial charge in [0.15, 0.2) is 0 Å². The van der Waals surface area contributed by atoms with Crippen molar-refractivity contribution in [2.75, 3.05) is 0 Å². The first kappa shape index (κ1) is 10.1. The summed E-state index contributed by atoms with van der Waals surface area (Å²) in [6.45, 7) is 1.71. The van der Waals surface area contributed by atoms with Crippen LogP contribution in [0, 0.1) is 0 Å². The summed E-state index contributed by atoms with van der Waals surface area (Å²) in [6.07, 6.45) is 3.19. The SMILES string of the molecule is C[C@H](NS(N)(=O)=O)c1ccncc1. The van der Waals surface area contributed by atoms with Crippen LogP contribution >= 0.6 is 0 Å². The van der Waals surface area contributed by atoms with Crippen molar-refractivity contribution < 1.29 is 8.42 Å². The summed E-state index contributed by atoms with van der Waals surface area (Å²) >= 11 is 0. The van der Waals surface area contributed by atoms with E-state index in [0.29, 0.717) is 0 Å². The summed E-state index contributed by atoms with van der Waals surface area (Å²) in [5.41, 5.74) is 0.823. The summed E-state index contributed by atoms with van der Waals surface area (Å²) < 4.78 is 23.6. The molecule has 1 aromatic heterocycles. The Kier molecular flexibility index (Phi) is 2.97. The molecule has 0 saturated carbocycles. The first-order valence-corrected chi connectivity index (χ1v) is 5.23. The topological polar surface area (TPSA) is 85.1 Å². The first-order valence-electron chi connectivity index (χ1n) is 3.69. The molecule has 6 heteroatoms. The molecule has 0 unspecified atom stereocenters. The summed E-state index contributed by atoms with van der Waals surface area (Å²) in [6, 6.07) is 3.11. The van der Waals surface area contributed by atoms with Gasteiger partial charge in [0.05, 0.1) is 0 Å². The van der Waals surface area contributed by atoms with E-state index in [0.717, 1.165) is 5.56 Å². The lowest BCUT2D eigenvalue weighted by molar-refractivity contribution is 0.568. The Morgan fingerprint density at radius 3 is 2.46 bits per heavy atom. The number of pyridine rings is 1. The van der Waals surface area contributed by atoms with Gasteiger partial charge in [0, 0.05) is 18.4 Å². The van der Waals surface area contributed by atoms with Crippen LogP contribution in [0.15, 0.2) is 24.5 Å². The summed E-state index contributed by atoms with van der Waals surface area (Å²) in [5.74, 6) is 0. The lowest BCUT2D eigenvalue weighted by Gasteiger charge is -2.11. The molecule has 1 heterocycles. The number of rotatable bonds is 3. The zero-order valence-electron chi connectivity index (χ0n) is 7.14. The lowest BCUT2D eigenvalue weighted by Crippen LogP contribution is -2.32. The van der Waals surface area contributed by atoms with E-state index in [1.165, 1.54) is 0 Å². The minimum atomic E-state index is -3.64. The Bertz CT molecular complexity index is 363. The Hall–Kier alpha value is -0.980. The molecule has 0 aliphatic carbocycles.